The Hall–Kier alpha value is -4.78. The number of allylic oxidation sites excluding steroid dienone is 1. The average Bonchev–Trinajstić information content (AvgIpc) is 3.52. The lowest BCUT2D eigenvalue weighted by Crippen LogP contribution is -2.15. The summed E-state index contributed by atoms with van der Waals surface area (Å²) in [4.78, 5) is 16.9. The van der Waals surface area contributed by atoms with E-state index in [2.05, 4.69) is 99.2 Å². The molecule has 0 atom stereocenters. The van der Waals surface area contributed by atoms with Gasteiger partial charge >= 0.3 is 0 Å². The van der Waals surface area contributed by atoms with Crippen LogP contribution in [0.2, 0.25) is 0 Å². The predicted octanol–water partition coefficient (Wildman–Crippen LogP) is 7.20. The van der Waals surface area contributed by atoms with Crippen LogP contribution in [0.4, 0.5) is 5.69 Å². The zero-order valence-electron chi connectivity index (χ0n) is 21.0. The Bertz CT molecular complexity index is 1750. The van der Waals surface area contributed by atoms with Crippen molar-refractivity contribution >= 4 is 27.5 Å². The molecular weight excluding hydrogens is 458 g/mol. The van der Waals surface area contributed by atoms with Gasteiger partial charge in [0.25, 0.3) is 0 Å². The van der Waals surface area contributed by atoms with Crippen LogP contribution in [0.15, 0.2) is 91.8 Å². The molecule has 6 aromatic rings. The summed E-state index contributed by atoms with van der Waals surface area (Å²) in [6.45, 7) is 10.5. The first kappa shape index (κ1) is 22.7. The quantitative estimate of drug-likeness (QED) is 0.240. The fourth-order valence-electron chi connectivity index (χ4n) is 4.35. The number of rotatable bonds is 5. The molecule has 7 heteroatoms. The number of H-pyrrole nitrogens is 2. The number of hydrogen-bond acceptors (Lipinski definition) is 5. The summed E-state index contributed by atoms with van der Waals surface area (Å²) in [5, 5.41) is 13.3. The van der Waals surface area contributed by atoms with Gasteiger partial charge < -0.3 is 10.3 Å². The zero-order valence-corrected chi connectivity index (χ0v) is 21.0. The first-order valence-electron chi connectivity index (χ1n) is 12.2. The fraction of sp³-hybridized carbons (Fsp3) is 0.133. The smallest absolute Gasteiger partial charge is 0.116 e. The summed E-state index contributed by atoms with van der Waals surface area (Å²) in [5.74, 6) is 0. The second kappa shape index (κ2) is 8.71. The molecule has 0 amide bonds. The van der Waals surface area contributed by atoms with Crippen LogP contribution in [0.25, 0.3) is 55.6 Å². The molecule has 0 fully saturated rings. The van der Waals surface area contributed by atoms with E-state index < -0.39 is 0 Å². The molecule has 37 heavy (non-hydrogen) atoms. The highest BCUT2D eigenvalue weighted by Gasteiger charge is 2.17. The van der Waals surface area contributed by atoms with E-state index in [0.29, 0.717) is 0 Å². The van der Waals surface area contributed by atoms with Crippen LogP contribution in [0.5, 0.6) is 0 Å². The molecule has 182 valence electrons. The standard InChI is InChI=1S/C30H27N7/c1-18(30(2,3)4)34-21-11-20(15-32-16-21)26-13-24-28(17-33-26)36-37-29(24)27-12-23-22(8-5-9-25(23)35-27)19-7-6-10-31-14-19/h5-17,34-35H,1H2,2-4H3,(H,36,37). The molecule has 0 unspecified atom stereocenters. The molecule has 7 nitrogen and oxygen atoms in total. The number of aromatic nitrogens is 6. The van der Waals surface area contributed by atoms with Crippen molar-refractivity contribution in [1.82, 2.24) is 30.1 Å². The van der Waals surface area contributed by atoms with Gasteiger partial charge in [-0.1, -0.05) is 45.5 Å². The topological polar surface area (TPSA) is 95.2 Å². The number of fused-ring (bicyclic) bond motifs is 2. The van der Waals surface area contributed by atoms with Gasteiger partial charge in [-0.15, -0.1) is 0 Å². The lowest BCUT2D eigenvalue weighted by Gasteiger charge is -2.23. The van der Waals surface area contributed by atoms with Crippen molar-refractivity contribution in [3.8, 4) is 33.8 Å². The summed E-state index contributed by atoms with van der Waals surface area (Å²) < 4.78 is 0. The van der Waals surface area contributed by atoms with Gasteiger partial charge in [-0.3, -0.25) is 20.1 Å². The highest BCUT2D eigenvalue weighted by molar-refractivity contribution is 6.01. The summed E-state index contributed by atoms with van der Waals surface area (Å²) >= 11 is 0. The van der Waals surface area contributed by atoms with Gasteiger partial charge in [-0.05, 0) is 35.9 Å². The molecule has 5 heterocycles. The Kier molecular flexibility index (Phi) is 5.34. The molecule has 1 aromatic carbocycles. The van der Waals surface area contributed by atoms with Gasteiger partial charge in [-0.25, -0.2) is 0 Å². The summed E-state index contributed by atoms with van der Waals surface area (Å²) in [6.07, 6.45) is 9.11. The van der Waals surface area contributed by atoms with Gasteiger partial charge in [0, 0.05) is 57.1 Å². The van der Waals surface area contributed by atoms with E-state index in [4.69, 9.17) is 0 Å². The van der Waals surface area contributed by atoms with Crippen LogP contribution in [-0.4, -0.2) is 30.1 Å². The third-order valence-electron chi connectivity index (χ3n) is 6.57. The van der Waals surface area contributed by atoms with E-state index in [-0.39, 0.29) is 5.41 Å². The van der Waals surface area contributed by atoms with Crippen LogP contribution in [0.3, 0.4) is 0 Å². The van der Waals surface area contributed by atoms with Crippen LogP contribution in [-0.2, 0) is 0 Å². The number of benzene rings is 1. The molecule has 0 saturated carbocycles. The van der Waals surface area contributed by atoms with Crippen molar-refractivity contribution in [3.63, 3.8) is 0 Å². The van der Waals surface area contributed by atoms with Crippen LogP contribution < -0.4 is 5.32 Å². The largest absolute Gasteiger partial charge is 0.358 e. The molecule has 3 N–H and O–H groups in total. The summed E-state index contributed by atoms with van der Waals surface area (Å²) in [5.41, 5.74) is 9.37. The molecule has 5 aromatic heterocycles. The molecule has 0 aliphatic carbocycles. The van der Waals surface area contributed by atoms with Crippen molar-refractivity contribution in [2.75, 3.05) is 5.32 Å². The Labute approximate surface area is 214 Å². The Morgan fingerprint density at radius 2 is 1.73 bits per heavy atom. The van der Waals surface area contributed by atoms with E-state index in [0.717, 1.165) is 67.0 Å². The molecular formula is C30H27N7. The molecule has 6 rings (SSSR count). The van der Waals surface area contributed by atoms with E-state index in [1.54, 1.807) is 12.4 Å². The van der Waals surface area contributed by atoms with Gasteiger partial charge in [0.15, 0.2) is 0 Å². The maximum absolute atomic E-state index is 4.67. The van der Waals surface area contributed by atoms with Crippen molar-refractivity contribution in [2.45, 2.75) is 20.8 Å². The van der Waals surface area contributed by atoms with Gasteiger partial charge in [0.05, 0.1) is 35.0 Å². The minimum atomic E-state index is -0.0602. The number of hydrogen-bond donors (Lipinski definition) is 3. The third kappa shape index (κ3) is 4.25. The molecule has 0 bridgehead atoms. The normalized spacial score (nSPS) is 11.8. The monoisotopic (exact) mass is 485 g/mol. The lowest BCUT2D eigenvalue weighted by atomic mass is 9.93. The van der Waals surface area contributed by atoms with E-state index in [1.807, 2.05) is 30.7 Å². The number of aromatic amines is 2. The maximum atomic E-state index is 4.67. The summed E-state index contributed by atoms with van der Waals surface area (Å²) in [6, 6.07) is 16.5. The van der Waals surface area contributed by atoms with Crippen LogP contribution in [0, 0.1) is 5.41 Å². The van der Waals surface area contributed by atoms with E-state index in [1.165, 1.54) is 0 Å². The van der Waals surface area contributed by atoms with Gasteiger partial charge in [0.2, 0.25) is 0 Å². The number of nitrogens with zero attached hydrogens (tertiary/aromatic N) is 4. The predicted molar refractivity (Wildman–Crippen MR) is 150 cm³/mol. The second-order valence-electron chi connectivity index (χ2n) is 10.2. The third-order valence-corrected chi connectivity index (χ3v) is 6.57. The minimum absolute atomic E-state index is 0.0602. The molecule has 0 aliphatic rings. The number of anilines is 1. The van der Waals surface area contributed by atoms with Gasteiger partial charge in [-0.2, -0.15) is 5.10 Å². The van der Waals surface area contributed by atoms with E-state index in [9.17, 15) is 0 Å². The average molecular weight is 486 g/mol. The summed E-state index contributed by atoms with van der Waals surface area (Å²) in [7, 11) is 0. The second-order valence-corrected chi connectivity index (χ2v) is 10.2. The number of nitrogens with one attached hydrogen (secondary N) is 3. The Balaban J connectivity index is 1.40. The van der Waals surface area contributed by atoms with Gasteiger partial charge in [0.1, 0.15) is 5.69 Å². The molecule has 0 radical (unpaired) electrons. The maximum Gasteiger partial charge on any atom is 0.116 e. The first-order chi connectivity index (χ1) is 17.9. The first-order valence-corrected chi connectivity index (χ1v) is 12.2. The highest BCUT2D eigenvalue weighted by Crippen LogP contribution is 2.35. The Morgan fingerprint density at radius 1 is 0.865 bits per heavy atom. The highest BCUT2D eigenvalue weighted by atomic mass is 15.1. The van der Waals surface area contributed by atoms with Crippen molar-refractivity contribution < 1.29 is 0 Å². The van der Waals surface area contributed by atoms with E-state index >= 15 is 0 Å². The SMILES string of the molecule is C=C(Nc1cncc(-c2cc3c(-c4cc5c(-c6cccnc6)cccc5[nH]4)n[nH]c3cn2)c1)C(C)(C)C. The minimum Gasteiger partial charge on any atom is -0.358 e. The zero-order chi connectivity index (χ0) is 25.6. The van der Waals surface area contributed by atoms with Crippen LogP contribution >= 0.6 is 0 Å². The molecule has 0 saturated heterocycles. The van der Waals surface area contributed by atoms with Crippen molar-refractivity contribution in [3.05, 3.63) is 91.8 Å². The van der Waals surface area contributed by atoms with Crippen molar-refractivity contribution in [2.24, 2.45) is 5.41 Å². The van der Waals surface area contributed by atoms with Crippen LogP contribution in [0.1, 0.15) is 20.8 Å². The fourth-order valence-corrected chi connectivity index (χ4v) is 4.35. The number of pyridine rings is 3. The molecule has 0 aliphatic heterocycles. The van der Waals surface area contributed by atoms with Crippen molar-refractivity contribution in [1.29, 1.82) is 0 Å². The lowest BCUT2D eigenvalue weighted by molar-refractivity contribution is 0.509. The Morgan fingerprint density at radius 3 is 2.54 bits per heavy atom. The molecule has 0 spiro atoms.